The summed E-state index contributed by atoms with van der Waals surface area (Å²) in [6.07, 6.45) is -4.75. The zero-order valence-corrected chi connectivity index (χ0v) is 9.18. The Morgan fingerprint density at radius 3 is 2.44 bits per heavy atom. The van der Waals surface area contributed by atoms with Crippen LogP contribution in [0.25, 0.3) is 10.9 Å². The molecule has 1 aromatic carbocycles. The van der Waals surface area contributed by atoms with Gasteiger partial charge in [-0.1, -0.05) is 0 Å². The summed E-state index contributed by atoms with van der Waals surface area (Å²) in [4.78, 5) is 14.6. The molecule has 94 valence electrons. The number of Topliss-reactive ketones (excluding diaryl/α,β-unsaturated/α-hetero) is 1. The number of carbonyl (C=O) groups is 1. The number of ketones is 1. The normalized spacial score (nSPS) is 11.8. The maximum atomic E-state index is 12.9. The molecule has 2 rings (SSSR count). The second-order valence-corrected chi connectivity index (χ2v) is 3.78. The van der Waals surface area contributed by atoms with Crippen LogP contribution in [0.2, 0.25) is 0 Å². The van der Waals surface area contributed by atoms with E-state index in [1.54, 1.807) is 0 Å². The zero-order valence-electron chi connectivity index (χ0n) is 9.18. The van der Waals surface area contributed by atoms with Crippen LogP contribution in [0.5, 0.6) is 0 Å². The standard InChI is InChI=1S/C12H7F4NO/c1-6(18)9-4-7-2-3-8(13)5-10(7)17-11(9)12(14,15)16/h2-5H,1H3. The Bertz CT molecular complexity index is 634. The van der Waals surface area contributed by atoms with Gasteiger partial charge in [0.15, 0.2) is 11.5 Å². The lowest BCUT2D eigenvalue weighted by Crippen LogP contribution is -2.14. The minimum absolute atomic E-state index is 0.132. The molecule has 0 aliphatic heterocycles. The third-order valence-corrected chi connectivity index (χ3v) is 2.43. The fourth-order valence-corrected chi connectivity index (χ4v) is 1.62. The van der Waals surface area contributed by atoms with Crippen molar-refractivity contribution in [1.82, 2.24) is 4.98 Å². The van der Waals surface area contributed by atoms with Crippen molar-refractivity contribution in [3.63, 3.8) is 0 Å². The van der Waals surface area contributed by atoms with E-state index in [9.17, 15) is 22.4 Å². The maximum absolute atomic E-state index is 12.9. The Labute approximate surface area is 99.3 Å². The van der Waals surface area contributed by atoms with Crippen molar-refractivity contribution < 1.29 is 22.4 Å². The number of pyridine rings is 1. The van der Waals surface area contributed by atoms with Gasteiger partial charge in [0.25, 0.3) is 0 Å². The molecule has 0 N–H and O–H groups in total. The molecule has 0 amide bonds. The number of hydrogen-bond donors (Lipinski definition) is 0. The zero-order chi connectivity index (χ0) is 13.5. The van der Waals surface area contributed by atoms with E-state index in [2.05, 4.69) is 4.98 Å². The van der Waals surface area contributed by atoms with Crippen molar-refractivity contribution >= 4 is 16.7 Å². The van der Waals surface area contributed by atoms with Gasteiger partial charge in [0.2, 0.25) is 0 Å². The second kappa shape index (κ2) is 4.04. The minimum Gasteiger partial charge on any atom is -0.294 e. The topological polar surface area (TPSA) is 30.0 Å². The average molecular weight is 257 g/mol. The number of fused-ring (bicyclic) bond motifs is 1. The molecule has 0 spiro atoms. The number of hydrogen-bond acceptors (Lipinski definition) is 2. The first-order chi connectivity index (χ1) is 8.29. The molecule has 2 aromatic rings. The van der Waals surface area contributed by atoms with Gasteiger partial charge in [-0.2, -0.15) is 13.2 Å². The Kier molecular flexibility index (Phi) is 2.80. The van der Waals surface area contributed by atoms with E-state index in [0.29, 0.717) is 0 Å². The van der Waals surface area contributed by atoms with Crippen molar-refractivity contribution in [2.45, 2.75) is 13.1 Å². The molecular weight excluding hydrogens is 250 g/mol. The number of aromatic nitrogens is 1. The van der Waals surface area contributed by atoms with Gasteiger partial charge in [-0.25, -0.2) is 9.37 Å². The first-order valence-corrected chi connectivity index (χ1v) is 4.97. The highest BCUT2D eigenvalue weighted by atomic mass is 19.4. The van der Waals surface area contributed by atoms with Crippen LogP contribution in [0.1, 0.15) is 23.0 Å². The van der Waals surface area contributed by atoms with Crippen LogP contribution in [0.15, 0.2) is 24.3 Å². The fraction of sp³-hybridized carbons (Fsp3) is 0.167. The molecule has 0 bridgehead atoms. The lowest BCUT2D eigenvalue weighted by atomic mass is 10.1. The van der Waals surface area contributed by atoms with Crippen LogP contribution in [-0.2, 0) is 6.18 Å². The van der Waals surface area contributed by atoms with Gasteiger partial charge in [-0.3, -0.25) is 4.79 Å². The highest BCUT2D eigenvalue weighted by molar-refractivity contribution is 5.98. The third kappa shape index (κ3) is 2.18. The number of nitrogens with zero attached hydrogens (tertiary/aromatic N) is 1. The van der Waals surface area contributed by atoms with E-state index in [1.807, 2.05) is 0 Å². The predicted molar refractivity (Wildman–Crippen MR) is 56.7 cm³/mol. The summed E-state index contributed by atoms with van der Waals surface area (Å²) >= 11 is 0. The van der Waals surface area contributed by atoms with E-state index in [1.165, 1.54) is 6.07 Å². The summed E-state index contributed by atoms with van der Waals surface area (Å²) in [5.41, 5.74) is -1.93. The molecule has 0 aliphatic carbocycles. The molecule has 2 nitrogen and oxygen atoms in total. The van der Waals surface area contributed by atoms with Gasteiger partial charge in [0.05, 0.1) is 5.52 Å². The Balaban J connectivity index is 2.81. The fourth-order valence-electron chi connectivity index (χ4n) is 1.62. The smallest absolute Gasteiger partial charge is 0.294 e. The molecule has 18 heavy (non-hydrogen) atoms. The maximum Gasteiger partial charge on any atom is 0.434 e. The molecule has 0 fully saturated rings. The summed E-state index contributed by atoms with van der Waals surface area (Å²) < 4.78 is 51.1. The number of rotatable bonds is 1. The Morgan fingerprint density at radius 1 is 1.22 bits per heavy atom. The van der Waals surface area contributed by atoms with Gasteiger partial charge in [0, 0.05) is 17.0 Å². The highest BCUT2D eigenvalue weighted by Gasteiger charge is 2.36. The molecular formula is C12H7F4NO. The first-order valence-electron chi connectivity index (χ1n) is 4.97. The molecule has 1 aromatic heterocycles. The summed E-state index contributed by atoms with van der Waals surface area (Å²) in [5.74, 6) is -1.42. The SMILES string of the molecule is CC(=O)c1cc2ccc(F)cc2nc1C(F)(F)F. The lowest BCUT2D eigenvalue weighted by molar-refractivity contribution is -0.141. The largest absolute Gasteiger partial charge is 0.434 e. The summed E-state index contributed by atoms with van der Waals surface area (Å²) in [7, 11) is 0. The molecule has 0 unspecified atom stereocenters. The van der Waals surface area contributed by atoms with Gasteiger partial charge < -0.3 is 0 Å². The Hall–Kier alpha value is -1.98. The van der Waals surface area contributed by atoms with E-state index in [4.69, 9.17) is 0 Å². The molecule has 0 aliphatic rings. The van der Waals surface area contributed by atoms with Crippen molar-refractivity contribution in [2.75, 3.05) is 0 Å². The highest BCUT2D eigenvalue weighted by Crippen LogP contribution is 2.32. The summed E-state index contributed by atoms with van der Waals surface area (Å²) in [6, 6.07) is 4.35. The van der Waals surface area contributed by atoms with Crippen molar-refractivity contribution in [2.24, 2.45) is 0 Å². The van der Waals surface area contributed by atoms with E-state index in [-0.39, 0.29) is 10.9 Å². The molecule has 6 heteroatoms. The second-order valence-electron chi connectivity index (χ2n) is 3.78. The molecule has 0 atom stereocenters. The van der Waals surface area contributed by atoms with Crippen LogP contribution in [0.3, 0.4) is 0 Å². The van der Waals surface area contributed by atoms with Crippen molar-refractivity contribution in [3.8, 4) is 0 Å². The van der Waals surface area contributed by atoms with Gasteiger partial charge in [-0.05, 0) is 25.1 Å². The van der Waals surface area contributed by atoms with Gasteiger partial charge in [-0.15, -0.1) is 0 Å². The van der Waals surface area contributed by atoms with Crippen LogP contribution >= 0.6 is 0 Å². The predicted octanol–water partition coefficient (Wildman–Crippen LogP) is 3.60. The number of halogens is 4. The van der Waals surface area contributed by atoms with Crippen LogP contribution < -0.4 is 0 Å². The van der Waals surface area contributed by atoms with Gasteiger partial charge >= 0.3 is 6.18 Å². The molecule has 1 heterocycles. The van der Waals surface area contributed by atoms with Gasteiger partial charge in [0.1, 0.15) is 5.82 Å². The van der Waals surface area contributed by atoms with Crippen molar-refractivity contribution in [3.05, 3.63) is 41.3 Å². The number of benzene rings is 1. The minimum atomic E-state index is -4.75. The average Bonchev–Trinajstić information content (AvgIpc) is 2.25. The van der Waals surface area contributed by atoms with Crippen LogP contribution in [0, 0.1) is 5.82 Å². The van der Waals surface area contributed by atoms with Crippen LogP contribution in [-0.4, -0.2) is 10.8 Å². The van der Waals surface area contributed by atoms with E-state index < -0.39 is 29.0 Å². The van der Waals surface area contributed by atoms with E-state index >= 15 is 0 Å². The lowest BCUT2D eigenvalue weighted by Gasteiger charge is -2.11. The summed E-state index contributed by atoms with van der Waals surface area (Å²) in [5, 5.41) is 0.287. The quantitative estimate of drug-likeness (QED) is 0.577. The monoisotopic (exact) mass is 257 g/mol. The molecule has 0 radical (unpaired) electrons. The van der Waals surface area contributed by atoms with Crippen molar-refractivity contribution in [1.29, 1.82) is 0 Å². The molecule has 0 saturated carbocycles. The number of alkyl halides is 3. The summed E-state index contributed by atoms with van der Waals surface area (Å²) in [6.45, 7) is 1.03. The van der Waals surface area contributed by atoms with Crippen LogP contribution in [0.4, 0.5) is 17.6 Å². The molecule has 0 saturated heterocycles. The number of carbonyl (C=O) groups excluding carboxylic acids is 1. The third-order valence-electron chi connectivity index (χ3n) is 2.43. The van der Waals surface area contributed by atoms with E-state index in [0.717, 1.165) is 25.1 Å². The Morgan fingerprint density at radius 2 is 1.89 bits per heavy atom. The first kappa shape index (κ1) is 12.5.